The predicted octanol–water partition coefficient (Wildman–Crippen LogP) is 4.24. The van der Waals surface area contributed by atoms with Crippen LogP contribution >= 0.6 is 0 Å². The van der Waals surface area contributed by atoms with Gasteiger partial charge in [0.2, 0.25) is 0 Å². The zero-order valence-corrected chi connectivity index (χ0v) is 12.8. The standard InChI is InChI=1S/C20H23N/c1-17(2)15-20(14-13-18-9-5-3-6-10-18)21-16-19-11-7-4-8-12-19/h3-12,17,20-21H,15-16H2,1-2H3. The minimum Gasteiger partial charge on any atom is -0.300 e. The van der Waals surface area contributed by atoms with Gasteiger partial charge in [-0.1, -0.05) is 74.2 Å². The van der Waals surface area contributed by atoms with E-state index in [1.54, 1.807) is 0 Å². The van der Waals surface area contributed by atoms with Crippen LogP contribution in [-0.4, -0.2) is 6.04 Å². The first-order valence-corrected chi connectivity index (χ1v) is 7.58. The molecule has 0 saturated carbocycles. The normalized spacial score (nSPS) is 11.8. The van der Waals surface area contributed by atoms with Crippen molar-refractivity contribution in [3.05, 3.63) is 71.8 Å². The van der Waals surface area contributed by atoms with Crippen molar-refractivity contribution < 1.29 is 0 Å². The fourth-order valence-electron chi connectivity index (χ4n) is 2.19. The molecule has 0 aliphatic heterocycles. The van der Waals surface area contributed by atoms with E-state index < -0.39 is 0 Å². The maximum Gasteiger partial charge on any atom is 0.0698 e. The maximum atomic E-state index is 3.56. The zero-order chi connectivity index (χ0) is 14.9. The molecule has 0 aromatic heterocycles. The second-order valence-electron chi connectivity index (χ2n) is 5.68. The first-order valence-electron chi connectivity index (χ1n) is 7.58. The Morgan fingerprint density at radius 1 is 0.905 bits per heavy atom. The van der Waals surface area contributed by atoms with Gasteiger partial charge in [0.05, 0.1) is 6.04 Å². The van der Waals surface area contributed by atoms with E-state index in [1.807, 2.05) is 24.3 Å². The van der Waals surface area contributed by atoms with Gasteiger partial charge in [-0.05, 0) is 30.0 Å². The van der Waals surface area contributed by atoms with Crippen molar-refractivity contribution in [1.82, 2.24) is 5.32 Å². The summed E-state index contributed by atoms with van der Waals surface area (Å²) in [6, 6.07) is 20.9. The monoisotopic (exact) mass is 277 g/mol. The van der Waals surface area contributed by atoms with Crippen LogP contribution in [0.2, 0.25) is 0 Å². The molecule has 1 N–H and O–H groups in total. The molecule has 1 unspecified atom stereocenters. The topological polar surface area (TPSA) is 12.0 Å². The Labute approximate surface area is 128 Å². The number of hydrogen-bond donors (Lipinski definition) is 1. The van der Waals surface area contributed by atoms with Gasteiger partial charge in [0, 0.05) is 12.1 Å². The molecule has 0 fully saturated rings. The minimum absolute atomic E-state index is 0.227. The Morgan fingerprint density at radius 3 is 2.14 bits per heavy atom. The largest absolute Gasteiger partial charge is 0.300 e. The van der Waals surface area contributed by atoms with Crippen LogP contribution in [0.1, 0.15) is 31.4 Å². The third-order valence-electron chi connectivity index (χ3n) is 3.27. The molecule has 0 heterocycles. The van der Waals surface area contributed by atoms with Crippen LogP contribution in [0.5, 0.6) is 0 Å². The molecule has 0 aliphatic rings. The highest BCUT2D eigenvalue weighted by molar-refractivity contribution is 5.34. The van der Waals surface area contributed by atoms with Crippen LogP contribution < -0.4 is 5.32 Å². The van der Waals surface area contributed by atoms with Gasteiger partial charge in [-0.15, -0.1) is 0 Å². The number of rotatable bonds is 5. The minimum atomic E-state index is 0.227. The lowest BCUT2D eigenvalue weighted by Gasteiger charge is -2.15. The van der Waals surface area contributed by atoms with Gasteiger partial charge in [0.25, 0.3) is 0 Å². The number of hydrogen-bond acceptors (Lipinski definition) is 1. The molecule has 1 nitrogen and oxygen atoms in total. The highest BCUT2D eigenvalue weighted by Gasteiger charge is 2.07. The summed E-state index contributed by atoms with van der Waals surface area (Å²) in [5.41, 5.74) is 2.38. The molecule has 2 aromatic carbocycles. The molecule has 2 aromatic rings. The average molecular weight is 277 g/mol. The van der Waals surface area contributed by atoms with Gasteiger partial charge in [-0.3, -0.25) is 5.32 Å². The third kappa shape index (κ3) is 5.85. The molecule has 0 saturated heterocycles. The van der Waals surface area contributed by atoms with Gasteiger partial charge in [-0.2, -0.15) is 0 Å². The Morgan fingerprint density at radius 2 is 1.52 bits per heavy atom. The smallest absolute Gasteiger partial charge is 0.0698 e. The van der Waals surface area contributed by atoms with Crippen molar-refractivity contribution in [3.8, 4) is 11.8 Å². The molecule has 0 aliphatic carbocycles. The van der Waals surface area contributed by atoms with Crippen LogP contribution in [0.4, 0.5) is 0 Å². The number of benzene rings is 2. The summed E-state index contributed by atoms with van der Waals surface area (Å²) in [5, 5.41) is 3.56. The quantitative estimate of drug-likeness (QED) is 0.806. The van der Waals surface area contributed by atoms with Crippen LogP contribution in [0.3, 0.4) is 0 Å². The van der Waals surface area contributed by atoms with Gasteiger partial charge >= 0.3 is 0 Å². The fourth-order valence-corrected chi connectivity index (χ4v) is 2.19. The summed E-state index contributed by atoms with van der Waals surface area (Å²) < 4.78 is 0. The second-order valence-corrected chi connectivity index (χ2v) is 5.68. The van der Waals surface area contributed by atoms with E-state index in [0.717, 1.165) is 18.5 Å². The molecular weight excluding hydrogens is 254 g/mol. The molecule has 21 heavy (non-hydrogen) atoms. The van der Waals surface area contributed by atoms with Crippen molar-refractivity contribution >= 4 is 0 Å². The fraction of sp³-hybridized carbons (Fsp3) is 0.300. The Kier molecular flexibility index (Phi) is 6.06. The summed E-state index contributed by atoms with van der Waals surface area (Å²) >= 11 is 0. The lowest BCUT2D eigenvalue weighted by atomic mass is 10.0. The third-order valence-corrected chi connectivity index (χ3v) is 3.27. The van der Waals surface area contributed by atoms with E-state index >= 15 is 0 Å². The van der Waals surface area contributed by atoms with Crippen molar-refractivity contribution in [2.24, 2.45) is 5.92 Å². The van der Waals surface area contributed by atoms with Gasteiger partial charge < -0.3 is 0 Å². The second kappa shape index (κ2) is 8.29. The van der Waals surface area contributed by atoms with E-state index in [-0.39, 0.29) is 6.04 Å². The molecule has 1 atom stereocenters. The Bertz CT molecular complexity index is 575. The van der Waals surface area contributed by atoms with E-state index in [0.29, 0.717) is 5.92 Å². The van der Waals surface area contributed by atoms with Crippen molar-refractivity contribution in [1.29, 1.82) is 0 Å². The maximum absolute atomic E-state index is 3.56. The highest BCUT2D eigenvalue weighted by Crippen LogP contribution is 2.06. The Balaban J connectivity index is 2.00. The van der Waals surface area contributed by atoms with E-state index in [1.165, 1.54) is 5.56 Å². The van der Waals surface area contributed by atoms with E-state index in [2.05, 4.69) is 67.4 Å². The summed E-state index contributed by atoms with van der Waals surface area (Å²) in [6.07, 6.45) is 1.06. The molecule has 0 bridgehead atoms. The number of nitrogens with one attached hydrogen (secondary N) is 1. The van der Waals surface area contributed by atoms with Gasteiger partial charge in [0.1, 0.15) is 0 Å². The first-order chi connectivity index (χ1) is 10.2. The van der Waals surface area contributed by atoms with Crippen molar-refractivity contribution in [2.75, 3.05) is 0 Å². The van der Waals surface area contributed by atoms with Gasteiger partial charge in [-0.25, -0.2) is 0 Å². The molecule has 1 heteroatoms. The van der Waals surface area contributed by atoms with Crippen molar-refractivity contribution in [3.63, 3.8) is 0 Å². The average Bonchev–Trinajstić information content (AvgIpc) is 2.51. The van der Waals surface area contributed by atoms with E-state index in [4.69, 9.17) is 0 Å². The van der Waals surface area contributed by atoms with Crippen LogP contribution in [0.25, 0.3) is 0 Å². The summed E-state index contributed by atoms with van der Waals surface area (Å²) in [7, 11) is 0. The van der Waals surface area contributed by atoms with Crippen LogP contribution in [-0.2, 0) is 6.54 Å². The Hall–Kier alpha value is -2.04. The molecule has 108 valence electrons. The lowest BCUT2D eigenvalue weighted by molar-refractivity contribution is 0.481. The molecule has 0 amide bonds. The summed E-state index contributed by atoms with van der Waals surface area (Å²) in [5.74, 6) is 7.28. The summed E-state index contributed by atoms with van der Waals surface area (Å²) in [4.78, 5) is 0. The van der Waals surface area contributed by atoms with Crippen molar-refractivity contribution in [2.45, 2.75) is 32.9 Å². The SMILES string of the molecule is CC(C)CC(C#Cc1ccccc1)NCc1ccccc1. The lowest BCUT2D eigenvalue weighted by Crippen LogP contribution is -2.28. The van der Waals surface area contributed by atoms with Gasteiger partial charge in [0.15, 0.2) is 0 Å². The molecule has 0 radical (unpaired) electrons. The first kappa shape index (κ1) is 15.4. The zero-order valence-electron chi connectivity index (χ0n) is 12.8. The molecular formula is C20H23N. The molecule has 0 spiro atoms. The van der Waals surface area contributed by atoms with Crippen LogP contribution in [0, 0.1) is 17.8 Å². The van der Waals surface area contributed by atoms with Crippen LogP contribution in [0.15, 0.2) is 60.7 Å². The predicted molar refractivity (Wildman–Crippen MR) is 89.8 cm³/mol. The highest BCUT2D eigenvalue weighted by atomic mass is 14.9. The van der Waals surface area contributed by atoms with E-state index in [9.17, 15) is 0 Å². The molecule has 2 rings (SSSR count). The summed E-state index contributed by atoms with van der Waals surface area (Å²) in [6.45, 7) is 5.34.